The molecule has 4 rings (SSSR count). The Morgan fingerprint density at radius 3 is 2.54 bits per heavy atom. The molecular weight excluding hydrogens is 316 g/mol. The number of hydrogen-bond acceptors (Lipinski definition) is 4. The molecule has 4 nitrogen and oxygen atoms in total. The fourth-order valence-electron chi connectivity index (χ4n) is 2.69. The fourth-order valence-corrected chi connectivity index (χ4v) is 3.85. The molecule has 0 N–H and O–H groups in total. The minimum absolute atomic E-state index is 0.143. The van der Waals surface area contributed by atoms with Crippen molar-refractivity contribution >= 4 is 17.5 Å². The summed E-state index contributed by atoms with van der Waals surface area (Å²) in [4.78, 5) is 8.79. The van der Waals surface area contributed by atoms with Gasteiger partial charge in [-0.2, -0.15) is 4.98 Å². The van der Waals surface area contributed by atoms with E-state index in [-0.39, 0.29) is 5.25 Å². The van der Waals surface area contributed by atoms with Crippen molar-refractivity contribution in [3.63, 3.8) is 0 Å². The van der Waals surface area contributed by atoms with Crippen LogP contribution in [0.5, 0.6) is 0 Å². The van der Waals surface area contributed by atoms with Crippen molar-refractivity contribution in [3.05, 3.63) is 89.7 Å². The zero-order chi connectivity index (χ0) is 16.4. The maximum absolute atomic E-state index is 4.54. The number of aryl methyl sites for hydroxylation is 1. The lowest BCUT2D eigenvalue weighted by Gasteiger charge is -2.18. The predicted molar refractivity (Wildman–Crippen MR) is 96.1 cm³/mol. The predicted octanol–water partition coefficient (Wildman–Crippen LogP) is 4.31. The Bertz CT molecular complexity index is 932. The molecule has 0 saturated carbocycles. The van der Waals surface area contributed by atoms with Crippen molar-refractivity contribution in [3.8, 4) is 0 Å². The van der Waals surface area contributed by atoms with Crippen LogP contribution in [0.2, 0.25) is 0 Å². The van der Waals surface area contributed by atoms with Gasteiger partial charge in [0, 0.05) is 12.4 Å². The molecule has 1 atom stereocenters. The second kappa shape index (κ2) is 6.45. The van der Waals surface area contributed by atoms with Gasteiger partial charge in [0.1, 0.15) is 0 Å². The maximum Gasteiger partial charge on any atom is 0.253 e. The van der Waals surface area contributed by atoms with Crippen molar-refractivity contribution in [1.82, 2.24) is 19.6 Å². The van der Waals surface area contributed by atoms with E-state index in [4.69, 9.17) is 0 Å². The van der Waals surface area contributed by atoms with Crippen LogP contribution in [0.25, 0.3) is 5.78 Å². The third kappa shape index (κ3) is 2.90. The standard InChI is InChI=1S/C19H16N4S/c1-14-8-5-6-11-16(14)17(15-9-3-2-4-10-15)24-19-21-18-20-12-7-13-23(18)22-19/h2-13,17H,1H3. The lowest BCUT2D eigenvalue weighted by atomic mass is 10.0. The first-order valence-electron chi connectivity index (χ1n) is 7.76. The molecule has 24 heavy (non-hydrogen) atoms. The molecule has 0 aliphatic carbocycles. The summed E-state index contributed by atoms with van der Waals surface area (Å²) in [6, 6.07) is 20.8. The smallest absolute Gasteiger partial charge is 0.220 e. The largest absolute Gasteiger partial charge is 0.253 e. The van der Waals surface area contributed by atoms with Gasteiger partial charge in [0.2, 0.25) is 5.16 Å². The van der Waals surface area contributed by atoms with Crippen molar-refractivity contribution < 1.29 is 0 Å². The van der Waals surface area contributed by atoms with Gasteiger partial charge in [-0.05, 0) is 29.7 Å². The van der Waals surface area contributed by atoms with Crippen LogP contribution in [0.15, 0.2) is 78.2 Å². The highest BCUT2D eigenvalue weighted by atomic mass is 32.2. The topological polar surface area (TPSA) is 43.1 Å². The summed E-state index contributed by atoms with van der Waals surface area (Å²) in [5.41, 5.74) is 3.78. The third-order valence-electron chi connectivity index (χ3n) is 3.89. The summed E-state index contributed by atoms with van der Waals surface area (Å²) in [6.45, 7) is 2.14. The molecular formula is C19H16N4S. The van der Waals surface area contributed by atoms with Crippen molar-refractivity contribution in [2.24, 2.45) is 0 Å². The summed E-state index contributed by atoms with van der Waals surface area (Å²) in [5.74, 6) is 0.622. The summed E-state index contributed by atoms with van der Waals surface area (Å²) >= 11 is 1.65. The molecule has 0 aliphatic heterocycles. The average Bonchev–Trinajstić information content (AvgIpc) is 3.04. The van der Waals surface area contributed by atoms with E-state index in [0.717, 1.165) is 5.16 Å². The van der Waals surface area contributed by atoms with Gasteiger partial charge in [-0.15, -0.1) is 5.10 Å². The number of hydrogen-bond donors (Lipinski definition) is 0. The molecule has 2 heterocycles. The Hall–Kier alpha value is -2.66. The first-order valence-corrected chi connectivity index (χ1v) is 8.64. The van der Waals surface area contributed by atoms with Gasteiger partial charge in [0.15, 0.2) is 0 Å². The van der Waals surface area contributed by atoms with E-state index >= 15 is 0 Å². The van der Waals surface area contributed by atoms with Gasteiger partial charge < -0.3 is 0 Å². The highest BCUT2D eigenvalue weighted by molar-refractivity contribution is 7.99. The van der Waals surface area contributed by atoms with Crippen LogP contribution in [0.3, 0.4) is 0 Å². The summed E-state index contributed by atoms with van der Waals surface area (Å²) in [7, 11) is 0. The summed E-state index contributed by atoms with van der Waals surface area (Å²) in [6.07, 6.45) is 3.60. The van der Waals surface area contributed by atoms with Crippen molar-refractivity contribution in [2.45, 2.75) is 17.3 Å². The summed E-state index contributed by atoms with van der Waals surface area (Å²) < 4.78 is 1.71. The van der Waals surface area contributed by atoms with Gasteiger partial charge in [-0.25, -0.2) is 9.50 Å². The summed E-state index contributed by atoms with van der Waals surface area (Å²) in [5, 5.41) is 5.41. The Balaban J connectivity index is 1.77. The molecule has 118 valence electrons. The van der Waals surface area contributed by atoms with Gasteiger partial charge in [-0.1, -0.05) is 66.4 Å². The number of fused-ring (bicyclic) bond motifs is 1. The number of aromatic nitrogens is 4. The van der Waals surface area contributed by atoms with Crippen LogP contribution in [0.1, 0.15) is 21.9 Å². The minimum Gasteiger partial charge on any atom is -0.220 e. The van der Waals surface area contributed by atoms with Crippen molar-refractivity contribution in [1.29, 1.82) is 0 Å². The van der Waals surface area contributed by atoms with Crippen LogP contribution in [-0.2, 0) is 0 Å². The van der Waals surface area contributed by atoms with E-state index in [1.807, 2.05) is 18.3 Å². The Morgan fingerprint density at radius 2 is 1.75 bits per heavy atom. The Kier molecular flexibility index (Phi) is 4.01. The molecule has 0 spiro atoms. The van der Waals surface area contributed by atoms with Gasteiger partial charge in [-0.3, -0.25) is 0 Å². The maximum atomic E-state index is 4.54. The van der Waals surface area contributed by atoms with Crippen LogP contribution >= 0.6 is 11.8 Å². The molecule has 2 aromatic carbocycles. The molecule has 0 amide bonds. The number of nitrogens with zero attached hydrogens (tertiary/aromatic N) is 4. The van der Waals surface area contributed by atoms with Crippen LogP contribution in [-0.4, -0.2) is 19.6 Å². The average molecular weight is 332 g/mol. The second-order valence-corrected chi connectivity index (χ2v) is 6.60. The highest BCUT2D eigenvalue weighted by Gasteiger charge is 2.20. The van der Waals surface area contributed by atoms with Gasteiger partial charge in [0.05, 0.1) is 5.25 Å². The molecule has 5 heteroatoms. The van der Waals surface area contributed by atoms with E-state index in [2.05, 4.69) is 70.5 Å². The highest BCUT2D eigenvalue weighted by Crippen LogP contribution is 2.40. The third-order valence-corrected chi connectivity index (χ3v) is 5.04. The zero-order valence-corrected chi connectivity index (χ0v) is 14.0. The molecule has 0 fully saturated rings. The first kappa shape index (κ1) is 14.9. The number of benzene rings is 2. The number of thioether (sulfide) groups is 1. The van der Waals surface area contributed by atoms with E-state index in [1.54, 1.807) is 22.5 Å². The SMILES string of the molecule is Cc1ccccc1C(Sc1nc2ncccn2n1)c1ccccc1. The molecule has 0 saturated heterocycles. The van der Waals surface area contributed by atoms with Crippen LogP contribution in [0.4, 0.5) is 0 Å². The molecule has 0 bridgehead atoms. The van der Waals surface area contributed by atoms with Crippen LogP contribution < -0.4 is 0 Å². The fraction of sp³-hybridized carbons (Fsp3) is 0.105. The van der Waals surface area contributed by atoms with E-state index in [0.29, 0.717) is 5.78 Å². The van der Waals surface area contributed by atoms with Gasteiger partial charge in [0.25, 0.3) is 5.78 Å². The van der Waals surface area contributed by atoms with Crippen LogP contribution in [0, 0.1) is 6.92 Å². The first-order chi connectivity index (χ1) is 11.8. The van der Waals surface area contributed by atoms with Crippen molar-refractivity contribution in [2.75, 3.05) is 0 Å². The zero-order valence-electron chi connectivity index (χ0n) is 13.2. The number of rotatable bonds is 4. The monoisotopic (exact) mass is 332 g/mol. The van der Waals surface area contributed by atoms with E-state index in [9.17, 15) is 0 Å². The second-order valence-electron chi connectivity index (χ2n) is 5.52. The van der Waals surface area contributed by atoms with Gasteiger partial charge >= 0.3 is 0 Å². The van der Waals surface area contributed by atoms with E-state index < -0.39 is 0 Å². The Morgan fingerprint density at radius 1 is 0.958 bits per heavy atom. The lowest BCUT2D eigenvalue weighted by molar-refractivity contribution is 0.876. The molecule has 0 aliphatic rings. The quantitative estimate of drug-likeness (QED) is 0.522. The Labute approximate surface area is 144 Å². The lowest BCUT2D eigenvalue weighted by Crippen LogP contribution is -2.00. The molecule has 2 aromatic heterocycles. The molecule has 0 radical (unpaired) electrons. The minimum atomic E-state index is 0.143. The molecule has 4 aromatic rings. The molecule has 1 unspecified atom stereocenters. The van der Waals surface area contributed by atoms with E-state index in [1.165, 1.54) is 16.7 Å². The normalized spacial score (nSPS) is 12.4.